The lowest BCUT2D eigenvalue weighted by Crippen LogP contribution is -2.03. The molecule has 0 aliphatic carbocycles. The van der Waals surface area contributed by atoms with Crippen molar-refractivity contribution < 1.29 is 0 Å². The molecule has 10 heteroatoms. The van der Waals surface area contributed by atoms with Crippen LogP contribution >= 0.6 is 0 Å². The van der Waals surface area contributed by atoms with Crippen molar-refractivity contribution in [1.29, 1.82) is 5.26 Å². The normalized spacial score (nSPS) is 11.4. The van der Waals surface area contributed by atoms with E-state index in [9.17, 15) is 5.26 Å². The lowest BCUT2D eigenvalue weighted by molar-refractivity contribution is 1.05. The average molecular weight is 973 g/mol. The maximum absolute atomic E-state index is 10.2. The first-order chi connectivity index (χ1) is 37.6. The van der Waals surface area contributed by atoms with Gasteiger partial charge in [-0.2, -0.15) is 5.26 Å². The summed E-state index contributed by atoms with van der Waals surface area (Å²) >= 11 is 0. The first kappa shape index (κ1) is 44.0. The third-order valence-electron chi connectivity index (χ3n) is 13.9. The molecule has 5 heterocycles. The lowest BCUT2D eigenvalue weighted by atomic mass is 10.0. The summed E-state index contributed by atoms with van der Waals surface area (Å²) in [5.74, 6) is 4.28. The van der Waals surface area contributed by atoms with Crippen LogP contribution < -0.4 is 0 Å². The minimum absolute atomic E-state index is 0.560. The van der Waals surface area contributed by atoms with Gasteiger partial charge in [-0.3, -0.25) is 4.57 Å². The van der Waals surface area contributed by atoms with Crippen LogP contribution in [0.1, 0.15) is 5.56 Å². The van der Waals surface area contributed by atoms with Gasteiger partial charge in [-0.15, -0.1) is 0 Å². The zero-order chi connectivity index (χ0) is 50.5. The minimum Gasteiger partial charge on any atom is -0.307 e. The molecule has 0 amide bonds. The molecule has 0 saturated heterocycles. The second-order valence-corrected chi connectivity index (χ2v) is 18.5. The summed E-state index contributed by atoms with van der Waals surface area (Å²) in [4.78, 5) is 35.5. The van der Waals surface area contributed by atoms with Crippen molar-refractivity contribution in [2.24, 2.45) is 0 Å². The van der Waals surface area contributed by atoms with Crippen LogP contribution in [0.25, 0.3) is 135 Å². The van der Waals surface area contributed by atoms with E-state index in [-0.39, 0.29) is 0 Å². The molecule has 0 fully saturated rings. The third kappa shape index (κ3) is 7.71. The van der Waals surface area contributed by atoms with Gasteiger partial charge in [0.2, 0.25) is 0 Å². The van der Waals surface area contributed by atoms with Gasteiger partial charge in [0.15, 0.2) is 34.9 Å². The Balaban J connectivity index is 0.940. The lowest BCUT2D eigenvalue weighted by Gasteiger charge is -2.17. The minimum atomic E-state index is 0.560. The van der Waals surface area contributed by atoms with Gasteiger partial charge < -0.3 is 4.57 Å². The zero-order valence-electron chi connectivity index (χ0n) is 40.6. The van der Waals surface area contributed by atoms with E-state index in [2.05, 4.69) is 112 Å². The fourth-order valence-corrected chi connectivity index (χ4v) is 10.3. The Hall–Kier alpha value is -10.8. The maximum Gasteiger partial charge on any atom is 0.164 e. The number of nitriles is 1. The third-order valence-corrected chi connectivity index (χ3v) is 13.9. The van der Waals surface area contributed by atoms with Gasteiger partial charge in [0.05, 0.1) is 45.6 Å². The molecule has 10 nitrogen and oxygen atoms in total. The molecule has 5 aromatic heterocycles. The summed E-state index contributed by atoms with van der Waals surface area (Å²) in [6.07, 6.45) is 1.96. The summed E-state index contributed by atoms with van der Waals surface area (Å²) < 4.78 is 4.49. The van der Waals surface area contributed by atoms with E-state index in [1.54, 1.807) is 0 Å². The monoisotopic (exact) mass is 972 g/mol. The Morgan fingerprint density at radius 1 is 0.303 bits per heavy atom. The van der Waals surface area contributed by atoms with Crippen molar-refractivity contribution in [2.45, 2.75) is 0 Å². The summed E-state index contributed by atoms with van der Waals surface area (Å²) in [7, 11) is 0. The average Bonchev–Trinajstić information content (AvgIpc) is 4.02. The standard InChI is InChI=1S/C66H40N10/c67-40-42-18-17-27-47(36-42)52-39-60(76-56-31-16-14-29-51(56)54-38-49(33-35-58(54)76)66-73-63(45-23-9-3-10-24-45)70-64(74-66)46-25-11-4-12-26-46)68-41-59(52)75-55-30-15-13-28-50(55)53-37-48(32-34-57(53)75)65-71-61(43-19-5-1-6-20-43)69-62(72-65)44-21-7-2-8-22-44/h1-39,41H. The second kappa shape index (κ2) is 18.4. The highest BCUT2D eigenvalue weighted by molar-refractivity contribution is 6.12. The SMILES string of the molecule is N#Cc1cccc(-c2cc(-n3c4ccccc4c4cc(-c5nc(-c6ccccc6)nc(-c6ccccc6)n5)ccc43)ncc2-n2c3ccccc3c3cc(-c4nc(-c5ccccc5)nc(-c5ccccc5)n4)ccc32)c1. The molecule has 354 valence electrons. The van der Waals surface area contributed by atoms with E-state index in [4.69, 9.17) is 34.9 Å². The largest absolute Gasteiger partial charge is 0.307 e. The maximum atomic E-state index is 10.2. The molecule has 0 radical (unpaired) electrons. The quantitative estimate of drug-likeness (QED) is 0.140. The van der Waals surface area contributed by atoms with Crippen LogP contribution in [-0.2, 0) is 0 Å². The molecule has 0 aliphatic rings. The first-order valence-corrected chi connectivity index (χ1v) is 24.9. The number of hydrogen-bond donors (Lipinski definition) is 0. The number of para-hydroxylation sites is 2. The molecule has 0 saturated carbocycles. The molecule has 0 atom stereocenters. The molecule has 76 heavy (non-hydrogen) atoms. The summed E-state index contributed by atoms with van der Waals surface area (Å²) in [5.41, 5.74) is 12.5. The van der Waals surface area contributed by atoms with Gasteiger partial charge in [-0.25, -0.2) is 34.9 Å². The molecule has 0 unspecified atom stereocenters. The van der Waals surface area contributed by atoms with E-state index in [1.165, 1.54) is 0 Å². The number of nitrogens with zero attached hydrogens (tertiary/aromatic N) is 10. The van der Waals surface area contributed by atoms with Crippen molar-refractivity contribution in [1.82, 2.24) is 44.0 Å². The highest BCUT2D eigenvalue weighted by Gasteiger charge is 2.22. The Morgan fingerprint density at radius 3 is 1.14 bits per heavy atom. The van der Waals surface area contributed by atoms with Crippen molar-refractivity contribution in [2.75, 3.05) is 0 Å². The molecule has 14 aromatic rings. The second-order valence-electron chi connectivity index (χ2n) is 18.5. The molecule has 0 bridgehead atoms. The van der Waals surface area contributed by atoms with Crippen LogP contribution in [0.15, 0.2) is 243 Å². The highest BCUT2D eigenvalue weighted by Crippen LogP contribution is 2.41. The van der Waals surface area contributed by atoms with Crippen LogP contribution in [0, 0.1) is 11.3 Å². The number of benzene rings is 9. The molecule has 14 rings (SSSR count). The number of hydrogen-bond acceptors (Lipinski definition) is 8. The van der Waals surface area contributed by atoms with Crippen LogP contribution in [0.5, 0.6) is 0 Å². The number of aromatic nitrogens is 9. The van der Waals surface area contributed by atoms with Crippen LogP contribution in [0.3, 0.4) is 0 Å². The van der Waals surface area contributed by atoms with Gasteiger partial charge in [0, 0.05) is 60.5 Å². The van der Waals surface area contributed by atoms with Gasteiger partial charge in [-0.1, -0.05) is 170 Å². The molecule has 0 aliphatic heterocycles. The van der Waals surface area contributed by atoms with Gasteiger partial charge in [0.1, 0.15) is 5.82 Å². The van der Waals surface area contributed by atoms with Gasteiger partial charge in [0.25, 0.3) is 0 Å². The van der Waals surface area contributed by atoms with Crippen LogP contribution in [0.2, 0.25) is 0 Å². The van der Waals surface area contributed by atoms with Crippen molar-refractivity contribution in [3.8, 4) is 97.0 Å². The first-order valence-electron chi connectivity index (χ1n) is 24.9. The van der Waals surface area contributed by atoms with Crippen LogP contribution in [-0.4, -0.2) is 44.0 Å². The smallest absolute Gasteiger partial charge is 0.164 e. The summed E-state index contributed by atoms with van der Waals surface area (Å²) in [6.45, 7) is 0. The fraction of sp³-hybridized carbons (Fsp3) is 0. The Kier molecular flexibility index (Phi) is 10.6. The molecule has 9 aromatic carbocycles. The fourth-order valence-electron chi connectivity index (χ4n) is 10.3. The Bertz CT molecular complexity index is 4470. The van der Waals surface area contributed by atoms with Crippen molar-refractivity contribution in [3.63, 3.8) is 0 Å². The van der Waals surface area contributed by atoms with E-state index in [1.807, 2.05) is 146 Å². The van der Waals surface area contributed by atoms with Crippen molar-refractivity contribution in [3.05, 3.63) is 248 Å². The van der Waals surface area contributed by atoms with Gasteiger partial charge in [-0.05, 0) is 72.3 Å². The summed E-state index contributed by atoms with van der Waals surface area (Å²) in [6, 6.07) is 82.0. The van der Waals surface area contributed by atoms with E-state index in [0.717, 1.165) is 99.6 Å². The molecule has 0 spiro atoms. The highest BCUT2D eigenvalue weighted by atomic mass is 15.1. The zero-order valence-corrected chi connectivity index (χ0v) is 40.6. The predicted octanol–water partition coefficient (Wildman–Crippen LogP) is 15.2. The number of fused-ring (bicyclic) bond motifs is 6. The Morgan fingerprint density at radius 2 is 0.684 bits per heavy atom. The summed E-state index contributed by atoms with van der Waals surface area (Å²) in [5, 5.41) is 14.4. The molecular formula is C66H40N10. The molecule has 0 N–H and O–H groups in total. The Labute approximate surface area is 436 Å². The van der Waals surface area contributed by atoms with Gasteiger partial charge >= 0.3 is 0 Å². The van der Waals surface area contributed by atoms with E-state index >= 15 is 0 Å². The van der Waals surface area contributed by atoms with E-state index in [0.29, 0.717) is 40.5 Å². The van der Waals surface area contributed by atoms with E-state index < -0.39 is 0 Å². The predicted molar refractivity (Wildman–Crippen MR) is 302 cm³/mol. The van der Waals surface area contributed by atoms with Crippen LogP contribution in [0.4, 0.5) is 0 Å². The number of rotatable bonds is 9. The van der Waals surface area contributed by atoms with Crippen molar-refractivity contribution >= 4 is 43.6 Å². The molecular weight excluding hydrogens is 933 g/mol. The topological polar surface area (TPSA) is 124 Å². The number of pyridine rings is 1.